The van der Waals surface area contributed by atoms with Crippen LogP contribution in [0.3, 0.4) is 0 Å². The Hall–Kier alpha value is -2.27. The van der Waals surface area contributed by atoms with Crippen LogP contribution in [0.25, 0.3) is 0 Å². The minimum Gasteiger partial charge on any atom is -0.440 e. The number of anilines is 1. The molecule has 6 heteroatoms. The molecule has 0 spiro atoms. The monoisotopic (exact) mass is 345 g/mol. The maximum Gasteiger partial charge on any atom is 0.271 e. The van der Waals surface area contributed by atoms with Gasteiger partial charge in [0.25, 0.3) is 5.91 Å². The van der Waals surface area contributed by atoms with Crippen LogP contribution in [0.15, 0.2) is 45.9 Å². The van der Waals surface area contributed by atoms with Crippen molar-refractivity contribution in [3.63, 3.8) is 0 Å². The summed E-state index contributed by atoms with van der Waals surface area (Å²) in [6.07, 6.45) is 6.46. The van der Waals surface area contributed by atoms with Crippen LogP contribution < -0.4 is 10.3 Å². The van der Waals surface area contributed by atoms with Gasteiger partial charge in [0.2, 0.25) is 0 Å². The standard InChI is InChI=1S/C18H20ClN3O2/c19-15-7-5-14(6-8-15)18(23)21-20-13-16-9-10-17(24-16)22-11-3-1-2-4-12-22/h5-10,13H,1-4,11-12H2,(H,21,23)/b20-13-. The summed E-state index contributed by atoms with van der Waals surface area (Å²) in [5.41, 5.74) is 2.98. The maximum absolute atomic E-state index is 11.9. The van der Waals surface area contributed by atoms with Crippen LogP contribution in [0.4, 0.5) is 5.88 Å². The molecule has 2 heterocycles. The topological polar surface area (TPSA) is 57.8 Å². The summed E-state index contributed by atoms with van der Waals surface area (Å²) in [5.74, 6) is 1.19. The molecule has 126 valence electrons. The summed E-state index contributed by atoms with van der Waals surface area (Å²) in [6.45, 7) is 2.05. The van der Waals surface area contributed by atoms with Gasteiger partial charge in [-0.3, -0.25) is 4.79 Å². The van der Waals surface area contributed by atoms with Gasteiger partial charge in [0.1, 0.15) is 5.76 Å². The number of nitrogens with zero attached hydrogens (tertiary/aromatic N) is 2. The van der Waals surface area contributed by atoms with Crippen molar-refractivity contribution in [2.45, 2.75) is 25.7 Å². The first-order valence-electron chi connectivity index (χ1n) is 8.16. The Labute approximate surface area is 146 Å². The molecule has 1 saturated heterocycles. The van der Waals surface area contributed by atoms with Gasteiger partial charge in [0.15, 0.2) is 5.88 Å². The number of carbonyl (C=O) groups is 1. The highest BCUT2D eigenvalue weighted by Gasteiger charge is 2.13. The SMILES string of the molecule is O=C(N/N=C\c1ccc(N2CCCCCC2)o1)c1ccc(Cl)cc1. The van der Waals surface area contributed by atoms with E-state index in [4.69, 9.17) is 16.0 Å². The van der Waals surface area contributed by atoms with Gasteiger partial charge < -0.3 is 9.32 Å². The number of furan rings is 1. The van der Waals surface area contributed by atoms with E-state index in [1.165, 1.54) is 31.9 Å². The lowest BCUT2D eigenvalue weighted by Gasteiger charge is -2.18. The van der Waals surface area contributed by atoms with Crippen LogP contribution in [-0.4, -0.2) is 25.2 Å². The van der Waals surface area contributed by atoms with E-state index in [0.29, 0.717) is 16.3 Å². The molecule has 0 bridgehead atoms. The lowest BCUT2D eigenvalue weighted by molar-refractivity contribution is 0.0955. The van der Waals surface area contributed by atoms with Gasteiger partial charge in [-0.25, -0.2) is 5.43 Å². The minimum atomic E-state index is -0.290. The molecule has 0 unspecified atom stereocenters. The van der Waals surface area contributed by atoms with E-state index in [1.807, 2.05) is 12.1 Å². The molecule has 1 aliphatic heterocycles. The quantitative estimate of drug-likeness (QED) is 0.671. The first-order valence-corrected chi connectivity index (χ1v) is 8.54. The van der Waals surface area contributed by atoms with Crippen molar-refractivity contribution in [1.82, 2.24) is 5.43 Å². The fourth-order valence-corrected chi connectivity index (χ4v) is 2.82. The van der Waals surface area contributed by atoms with Crippen molar-refractivity contribution in [1.29, 1.82) is 0 Å². The number of halogens is 1. The van der Waals surface area contributed by atoms with E-state index in [1.54, 1.807) is 24.3 Å². The second-order valence-electron chi connectivity index (χ2n) is 5.78. The van der Waals surface area contributed by atoms with Crippen LogP contribution in [0.1, 0.15) is 41.8 Å². The van der Waals surface area contributed by atoms with E-state index >= 15 is 0 Å². The van der Waals surface area contributed by atoms with Gasteiger partial charge in [-0.05, 0) is 43.2 Å². The average molecular weight is 346 g/mol. The Kier molecular flexibility index (Phi) is 5.54. The Morgan fingerprint density at radius 3 is 2.50 bits per heavy atom. The number of hydrogen-bond acceptors (Lipinski definition) is 4. The highest BCUT2D eigenvalue weighted by Crippen LogP contribution is 2.21. The molecule has 1 amide bonds. The molecule has 2 aromatic rings. The zero-order chi connectivity index (χ0) is 16.8. The van der Waals surface area contributed by atoms with Crippen molar-refractivity contribution in [3.8, 4) is 0 Å². The molecule has 0 aliphatic carbocycles. The van der Waals surface area contributed by atoms with Crippen LogP contribution in [0.5, 0.6) is 0 Å². The highest BCUT2D eigenvalue weighted by atomic mass is 35.5. The van der Waals surface area contributed by atoms with E-state index < -0.39 is 0 Å². The summed E-state index contributed by atoms with van der Waals surface area (Å²) in [6, 6.07) is 10.4. The van der Waals surface area contributed by atoms with E-state index in [-0.39, 0.29) is 5.91 Å². The van der Waals surface area contributed by atoms with Crippen LogP contribution >= 0.6 is 11.6 Å². The molecular formula is C18H20ClN3O2. The second-order valence-corrected chi connectivity index (χ2v) is 6.22. The molecule has 1 aliphatic rings. The van der Waals surface area contributed by atoms with E-state index in [0.717, 1.165) is 19.0 Å². The number of carbonyl (C=O) groups excluding carboxylic acids is 1. The summed E-state index contributed by atoms with van der Waals surface area (Å²) in [5, 5.41) is 4.54. The van der Waals surface area contributed by atoms with Gasteiger partial charge >= 0.3 is 0 Å². The fourth-order valence-electron chi connectivity index (χ4n) is 2.69. The Balaban J connectivity index is 1.56. The largest absolute Gasteiger partial charge is 0.440 e. The summed E-state index contributed by atoms with van der Waals surface area (Å²) >= 11 is 5.80. The van der Waals surface area contributed by atoms with E-state index in [9.17, 15) is 4.79 Å². The highest BCUT2D eigenvalue weighted by molar-refractivity contribution is 6.30. The third kappa shape index (κ3) is 4.38. The summed E-state index contributed by atoms with van der Waals surface area (Å²) < 4.78 is 5.79. The predicted octanol–water partition coefficient (Wildman–Crippen LogP) is 4.08. The van der Waals surface area contributed by atoms with Gasteiger partial charge in [-0.1, -0.05) is 24.4 Å². The average Bonchev–Trinajstić information content (AvgIpc) is 2.89. The van der Waals surface area contributed by atoms with E-state index in [2.05, 4.69) is 15.4 Å². The number of benzene rings is 1. The molecule has 5 nitrogen and oxygen atoms in total. The molecule has 0 saturated carbocycles. The third-order valence-electron chi connectivity index (χ3n) is 3.99. The number of hydrogen-bond donors (Lipinski definition) is 1. The number of nitrogens with one attached hydrogen (secondary N) is 1. The summed E-state index contributed by atoms with van der Waals surface area (Å²) in [4.78, 5) is 14.2. The Morgan fingerprint density at radius 1 is 1.08 bits per heavy atom. The number of hydrazone groups is 1. The lowest BCUT2D eigenvalue weighted by Crippen LogP contribution is -2.23. The predicted molar refractivity (Wildman–Crippen MR) is 95.9 cm³/mol. The van der Waals surface area contributed by atoms with Crippen molar-refractivity contribution < 1.29 is 9.21 Å². The van der Waals surface area contributed by atoms with Crippen LogP contribution in [0.2, 0.25) is 5.02 Å². The molecular weight excluding hydrogens is 326 g/mol. The Bertz CT molecular complexity index is 701. The van der Waals surface area contributed by atoms with Crippen molar-refractivity contribution >= 4 is 29.6 Å². The summed E-state index contributed by atoms with van der Waals surface area (Å²) in [7, 11) is 0. The fraction of sp³-hybridized carbons (Fsp3) is 0.333. The zero-order valence-electron chi connectivity index (χ0n) is 13.4. The van der Waals surface area contributed by atoms with Gasteiger partial charge in [0, 0.05) is 29.7 Å². The zero-order valence-corrected chi connectivity index (χ0v) is 14.1. The first-order chi connectivity index (χ1) is 11.7. The Morgan fingerprint density at radius 2 is 1.79 bits per heavy atom. The number of amides is 1. The molecule has 1 N–H and O–H groups in total. The molecule has 1 fully saturated rings. The minimum absolute atomic E-state index is 0.290. The van der Waals surface area contributed by atoms with Crippen molar-refractivity contribution in [2.24, 2.45) is 5.10 Å². The number of rotatable bonds is 4. The van der Waals surface area contributed by atoms with Gasteiger partial charge in [-0.2, -0.15) is 5.10 Å². The molecule has 1 aromatic heterocycles. The normalized spacial score (nSPS) is 15.5. The molecule has 3 rings (SSSR count). The first kappa shape index (κ1) is 16.6. The van der Waals surface area contributed by atoms with Gasteiger partial charge in [0.05, 0.1) is 6.21 Å². The van der Waals surface area contributed by atoms with Crippen LogP contribution in [-0.2, 0) is 0 Å². The van der Waals surface area contributed by atoms with Crippen molar-refractivity contribution in [2.75, 3.05) is 18.0 Å². The molecule has 0 atom stereocenters. The second kappa shape index (κ2) is 8.02. The maximum atomic E-state index is 11.9. The smallest absolute Gasteiger partial charge is 0.271 e. The third-order valence-corrected chi connectivity index (χ3v) is 4.25. The van der Waals surface area contributed by atoms with Crippen LogP contribution in [0, 0.1) is 0 Å². The lowest BCUT2D eigenvalue weighted by atomic mass is 10.2. The van der Waals surface area contributed by atoms with Crippen molar-refractivity contribution in [3.05, 3.63) is 52.7 Å². The molecule has 0 radical (unpaired) electrons. The molecule has 1 aromatic carbocycles. The van der Waals surface area contributed by atoms with Gasteiger partial charge in [-0.15, -0.1) is 0 Å². The molecule has 24 heavy (non-hydrogen) atoms.